The van der Waals surface area contributed by atoms with Gasteiger partial charge in [-0.1, -0.05) is 37.9 Å². The van der Waals surface area contributed by atoms with Crippen molar-refractivity contribution in [1.29, 1.82) is 0 Å². The van der Waals surface area contributed by atoms with Gasteiger partial charge in [0.2, 0.25) is 0 Å². The summed E-state index contributed by atoms with van der Waals surface area (Å²) in [6.07, 6.45) is 0. The molecule has 6 bridgehead atoms. The lowest BCUT2D eigenvalue weighted by Crippen LogP contribution is -2.15. The van der Waals surface area contributed by atoms with Gasteiger partial charge < -0.3 is 0 Å². The van der Waals surface area contributed by atoms with Gasteiger partial charge in [0.25, 0.3) is 0 Å². The second-order valence-electron chi connectivity index (χ2n) is 7.50. The molecule has 0 amide bonds. The molecule has 156 valence electrons. The van der Waals surface area contributed by atoms with Crippen LogP contribution in [-0.2, 0) is 46.8 Å². The molecule has 0 aromatic heterocycles. The van der Waals surface area contributed by atoms with Crippen molar-refractivity contribution in [2.24, 2.45) is 0 Å². The Balaban J connectivity index is 2.20. The summed E-state index contributed by atoms with van der Waals surface area (Å²) in [6.45, 7) is 11.1. The van der Waals surface area contributed by atoms with Crippen LogP contribution in [0.25, 0.3) is 14.7 Å². The molecule has 5 rings (SSSR count). The van der Waals surface area contributed by atoms with Crippen LogP contribution in [-0.4, -0.2) is 25.3 Å². The molecule has 0 N–H and O–H groups in total. The van der Waals surface area contributed by atoms with Crippen LogP contribution < -0.4 is 0 Å². The minimum Gasteiger partial charge on any atom is -0.223 e. The molecule has 0 saturated heterocycles. The van der Waals surface area contributed by atoms with Crippen LogP contribution in [0.5, 0.6) is 0 Å². The van der Waals surface area contributed by atoms with E-state index in [0.717, 1.165) is 0 Å². The van der Waals surface area contributed by atoms with E-state index in [1.54, 1.807) is 0 Å². The van der Waals surface area contributed by atoms with Gasteiger partial charge in [0, 0.05) is 0 Å². The van der Waals surface area contributed by atoms with Gasteiger partial charge in [-0.3, -0.25) is 0 Å². The highest BCUT2D eigenvalue weighted by Gasteiger charge is 2.29. The molecule has 3 aliphatic rings. The molecule has 0 radical (unpaired) electrons. The van der Waals surface area contributed by atoms with E-state index >= 15 is 0 Å². The maximum atomic E-state index is 13.0. The SMILES string of the molecule is C=C1c2cc3cc(c2)C(=C)S(=O)(=O)Cc2cc(cc(c2)CS(=O)(=O)C3=C)CS1(=O)=O. The predicted octanol–water partition coefficient (Wildman–Crippen LogP) is 3.07. The molecule has 2 aromatic carbocycles. The zero-order valence-corrected chi connectivity index (χ0v) is 18.3. The third kappa shape index (κ3) is 3.46. The Morgan fingerprint density at radius 3 is 0.933 bits per heavy atom. The maximum Gasteiger partial charge on any atom is 0.182 e. The first-order valence-corrected chi connectivity index (χ1v) is 13.8. The molecular weight excluding hydrogens is 444 g/mol. The van der Waals surface area contributed by atoms with E-state index in [0.29, 0.717) is 16.7 Å². The minimum absolute atomic E-state index is 0.104. The molecule has 0 unspecified atom stereocenters. The lowest BCUT2D eigenvalue weighted by Gasteiger charge is -2.19. The second-order valence-corrected chi connectivity index (χ2v) is 13.5. The highest BCUT2D eigenvalue weighted by Crippen LogP contribution is 2.36. The van der Waals surface area contributed by atoms with Gasteiger partial charge in [-0.15, -0.1) is 0 Å². The number of hydrogen-bond donors (Lipinski definition) is 0. The molecule has 0 spiro atoms. The van der Waals surface area contributed by atoms with Crippen molar-refractivity contribution in [3.05, 3.63) is 89.5 Å². The van der Waals surface area contributed by atoms with Crippen molar-refractivity contribution in [1.82, 2.24) is 0 Å². The summed E-state index contributed by atoms with van der Waals surface area (Å²) >= 11 is 0. The van der Waals surface area contributed by atoms with Crippen molar-refractivity contribution in [3.8, 4) is 0 Å². The number of rotatable bonds is 0. The fourth-order valence-corrected chi connectivity index (χ4v) is 7.43. The number of sulfone groups is 3. The summed E-state index contributed by atoms with van der Waals surface area (Å²) in [5.74, 6) is -1.27. The van der Waals surface area contributed by atoms with Crippen LogP contribution in [0.15, 0.2) is 56.1 Å². The molecule has 0 saturated carbocycles. The molecule has 3 heterocycles. The topological polar surface area (TPSA) is 102 Å². The fourth-order valence-electron chi connectivity index (χ4n) is 3.66. The number of fused-ring (bicyclic) bond motifs is 6. The highest BCUT2D eigenvalue weighted by molar-refractivity contribution is 8.00. The Hall–Kier alpha value is -2.49. The summed E-state index contributed by atoms with van der Waals surface area (Å²) in [5, 5.41) is 0. The zero-order valence-electron chi connectivity index (χ0n) is 15.9. The van der Waals surface area contributed by atoms with E-state index in [4.69, 9.17) is 0 Å². The molecule has 6 nitrogen and oxygen atoms in total. The first-order valence-electron chi connectivity index (χ1n) is 8.81. The number of benzene rings is 2. The average Bonchev–Trinajstić information content (AvgIpc) is 2.63. The van der Waals surface area contributed by atoms with Crippen molar-refractivity contribution in [2.45, 2.75) is 17.3 Å². The quantitative estimate of drug-likeness (QED) is 0.596. The summed E-state index contributed by atoms with van der Waals surface area (Å²) in [6, 6.07) is 8.47. The fraction of sp³-hybridized carbons (Fsp3) is 0.143. The third-order valence-corrected chi connectivity index (χ3v) is 10.3. The van der Waals surface area contributed by atoms with Crippen LogP contribution in [0.2, 0.25) is 0 Å². The van der Waals surface area contributed by atoms with Crippen LogP contribution in [0, 0.1) is 0 Å². The van der Waals surface area contributed by atoms with Crippen molar-refractivity contribution in [2.75, 3.05) is 0 Å². The lowest BCUT2D eigenvalue weighted by atomic mass is 10.0. The summed E-state index contributed by atoms with van der Waals surface area (Å²) in [5.41, 5.74) is 1.20. The zero-order chi connectivity index (χ0) is 22.1. The molecule has 3 aliphatic heterocycles. The van der Waals surface area contributed by atoms with E-state index in [9.17, 15) is 25.3 Å². The third-order valence-electron chi connectivity index (χ3n) is 5.21. The van der Waals surface area contributed by atoms with E-state index < -0.39 is 46.8 Å². The van der Waals surface area contributed by atoms with Crippen LogP contribution in [0.4, 0.5) is 0 Å². The normalized spacial score (nSPS) is 21.4. The monoisotopic (exact) mass is 462 g/mol. The van der Waals surface area contributed by atoms with Gasteiger partial charge in [-0.05, 0) is 51.6 Å². The maximum absolute atomic E-state index is 13.0. The summed E-state index contributed by atoms with van der Waals surface area (Å²) < 4.78 is 78.0. The first-order chi connectivity index (χ1) is 13.8. The summed E-state index contributed by atoms with van der Waals surface area (Å²) in [7, 11) is -11.5. The Bertz CT molecular complexity index is 1290. The minimum atomic E-state index is -3.85. The molecule has 30 heavy (non-hydrogen) atoms. The van der Waals surface area contributed by atoms with Gasteiger partial charge in [0.15, 0.2) is 29.5 Å². The Morgan fingerprint density at radius 1 is 0.467 bits per heavy atom. The molecule has 2 aromatic rings. The van der Waals surface area contributed by atoms with E-state index in [1.165, 1.54) is 36.4 Å². The molecule has 0 fully saturated rings. The van der Waals surface area contributed by atoms with Crippen LogP contribution in [0.3, 0.4) is 0 Å². The van der Waals surface area contributed by atoms with E-state index in [-0.39, 0.29) is 31.4 Å². The van der Waals surface area contributed by atoms with Gasteiger partial charge in [0.05, 0.1) is 32.0 Å². The number of hydrogen-bond acceptors (Lipinski definition) is 6. The van der Waals surface area contributed by atoms with Crippen LogP contribution >= 0.6 is 0 Å². The van der Waals surface area contributed by atoms with Gasteiger partial charge in [-0.2, -0.15) is 0 Å². The van der Waals surface area contributed by atoms with E-state index in [2.05, 4.69) is 19.7 Å². The smallest absolute Gasteiger partial charge is 0.182 e. The Kier molecular flexibility index (Phi) is 4.50. The molecule has 0 aliphatic carbocycles. The largest absolute Gasteiger partial charge is 0.223 e. The van der Waals surface area contributed by atoms with Gasteiger partial charge in [0.1, 0.15) is 0 Å². The average molecular weight is 463 g/mol. The van der Waals surface area contributed by atoms with Crippen molar-refractivity contribution < 1.29 is 25.3 Å². The second kappa shape index (κ2) is 6.50. The highest BCUT2D eigenvalue weighted by atomic mass is 32.2. The van der Waals surface area contributed by atoms with Crippen molar-refractivity contribution in [3.63, 3.8) is 0 Å². The summed E-state index contributed by atoms with van der Waals surface area (Å²) in [4.78, 5) is -0.683. The standard InChI is InChI=1S/C21H18O6S3/c1-13-19-7-20-9-21(8-19)15(3)30(26,27)12-18-5-16(10-28(13,22)23)4-17(6-18)11-29(24,25)14(20)2/h4-9H,1-3,10-12H2. The van der Waals surface area contributed by atoms with Gasteiger partial charge in [-0.25, -0.2) is 25.3 Å². The van der Waals surface area contributed by atoms with Crippen molar-refractivity contribution >= 4 is 44.2 Å². The lowest BCUT2D eigenvalue weighted by molar-refractivity contribution is 0.604. The Labute approximate surface area is 176 Å². The molecule has 9 heteroatoms. The van der Waals surface area contributed by atoms with Gasteiger partial charge >= 0.3 is 0 Å². The molecular formula is C21H18O6S3. The molecule has 0 atom stereocenters. The Morgan fingerprint density at radius 2 is 0.700 bits per heavy atom. The first kappa shape index (κ1) is 20.8. The van der Waals surface area contributed by atoms with Crippen LogP contribution in [0.1, 0.15) is 33.4 Å². The predicted molar refractivity (Wildman–Crippen MR) is 118 cm³/mol. The van der Waals surface area contributed by atoms with E-state index in [1.807, 2.05) is 0 Å².